The molecule has 2 aromatic carbocycles. The SMILES string of the molecule is Cc1ccc(Sc2ccc(C)cc2C2CCNCC2)c(C)c1. The molecule has 1 nitrogen and oxygen atoms in total. The Morgan fingerprint density at radius 1 is 0.864 bits per heavy atom. The fourth-order valence-corrected chi connectivity index (χ4v) is 4.32. The molecule has 3 rings (SSSR count). The minimum absolute atomic E-state index is 0.703. The minimum atomic E-state index is 0.703. The summed E-state index contributed by atoms with van der Waals surface area (Å²) in [5, 5.41) is 3.48. The van der Waals surface area contributed by atoms with Crippen LogP contribution in [0.15, 0.2) is 46.2 Å². The molecule has 2 aromatic rings. The topological polar surface area (TPSA) is 12.0 Å². The van der Waals surface area contributed by atoms with Gasteiger partial charge in [0.15, 0.2) is 0 Å². The fourth-order valence-electron chi connectivity index (χ4n) is 3.25. The molecule has 1 N–H and O–H groups in total. The third-order valence-electron chi connectivity index (χ3n) is 4.49. The first-order chi connectivity index (χ1) is 10.6. The molecule has 0 atom stereocenters. The number of nitrogens with one attached hydrogen (secondary N) is 1. The van der Waals surface area contributed by atoms with Crippen molar-refractivity contribution in [2.45, 2.75) is 49.3 Å². The van der Waals surface area contributed by atoms with Gasteiger partial charge >= 0.3 is 0 Å². The van der Waals surface area contributed by atoms with Gasteiger partial charge in [0.05, 0.1) is 0 Å². The van der Waals surface area contributed by atoms with Crippen molar-refractivity contribution in [3.8, 4) is 0 Å². The van der Waals surface area contributed by atoms with Gasteiger partial charge in [0, 0.05) is 9.79 Å². The number of benzene rings is 2. The molecular weight excluding hydrogens is 286 g/mol. The largest absolute Gasteiger partial charge is 0.317 e. The summed E-state index contributed by atoms with van der Waals surface area (Å²) in [4.78, 5) is 2.81. The van der Waals surface area contributed by atoms with E-state index in [1.165, 1.54) is 39.3 Å². The zero-order valence-electron chi connectivity index (χ0n) is 13.8. The van der Waals surface area contributed by atoms with Gasteiger partial charge in [-0.1, -0.05) is 47.2 Å². The Kier molecular flexibility index (Phi) is 4.90. The van der Waals surface area contributed by atoms with Gasteiger partial charge in [-0.05, 0) is 75.9 Å². The lowest BCUT2D eigenvalue weighted by Gasteiger charge is -2.25. The molecule has 1 aliphatic heterocycles. The van der Waals surface area contributed by atoms with Gasteiger partial charge in [0.25, 0.3) is 0 Å². The normalized spacial score (nSPS) is 16.0. The predicted octanol–water partition coefficient (Wildman–Crippen LogP) is 5.23. The van der Waals surface area contributed by atoms with E-state index < -0.39 is 0 Å². The lowest BCUT2D eigenvalue weighted by atomic mass is 9.89. The molecule has 0 bridgehead atoms. The van der Waals surface area contributed by atoms with Crippen LogP contribution in [0.4, 0.5) is 0 Å². The van der Waals surface area contributed by atoms with Crippen LogP contribution in [0, 0.1) is 20.8 Å². The van der Waals surface area contributed by atoms with E-state index in [1.54, 1.807) is 5.56 Å². The maximum Gasteiger partial charge on any atom is 0.0157 e. The maximum absolute atomic E-state index is 3.48. The fraction of sp³-hybridized carbons (Fsp3) is 0.400. The highest BCUT2D eigenvalue weighted by molar-refractivity contribution is 7.99. The van der Waals surface area contributed by atoms with Gasteiger partial charge in [-0.3, -0.25) is 0 Å². The molecule has 0 spiro atoms. The van der Waals surface area contributed by atoms with Crippen LogP contribution >= 0.6 is 11.8 Å². The van der Waals surface area contributed by atoms with Crippen LogP contribution < -0.4 is 5.32 Å². The van der Waals surface area contributed by atoms with Crippen molar-refractivity contribution in [1.82, 2.24) is 5.32 Å². The van der Waals surface area contributed by atoms with Gasteiger partial charge in [0.2, 0.25) is 0 Å². The summed E-state index contributed by atoms with van der Waals surface area (Å²) < 4.78 is 0. The van der Waals surface area contributed by atoms with Crippen LogP contribution in [-0.2, 0) is 0 Å². The van der Waals surface area contributed by atoms with Crippen molar-refractivity contribution in [3.05, 3.63) is 58.7 Å². The van der Waals surface area contributed by atoms with E-state index in [4.69, 9.17) is 0 Å². The van der Waals surface area contributed by atoms with Crippen LogP contribution in [0.2, 0.25) is 0 Å². The molecule has 0 unspecified atom stereocenters. The monoisotopic (exact) mass is 311 g/mol. The van der Waals surface area contributed by atoms with E-state index in [0.29, 0.717) is 5.92 Å². The first-order valence-corrected chi connectivity index (χ1v) is 9.01. The van der Waals surface area contributed by atoms with Crippen LogP contribution in [0.3, 0.4) is 0 Å². The van der Waals surface area contributed by atoms with Crippen LogP contribution in [0.1, 0.15) is 41.0 Å². The van der Waals surface area contributed by atoms with Gasteiger partial charge in [-0.15, -0.1) is 0 Å². The molecule has 1 saturated heterocycles. The van der Waals surface area contributed by atoms with E-state index in [0.717, 1.165) is 13.1 Å². The molecule has 0 aliphatic carbocycles. The van der Waals surface area contributed by atoms with E-state index in [1.807, 2.05) is 11.8 Å². The first-order valence-electron chi connectivity index (χ1n) is 8.20. The summed E-state index contributed by atoms with van der Waals surface area (Å²) in [6.45, 7) is 8.87. The molecule has 0 saturated carbocycles. The standard InChI is InChI=1S/C20H25NS/c1-14-4-6-19(16(3)12-14)22-20-7-5-15(2)13-18(20)17-8-10-21-11-9-17/h4-7,12-13,17,21H,8-11H2,1-3H3. The van der Waals surface area contributed by atoms with Crippen molar-refractivity contribution < 1.29 is 0 Å². The molecule has 0 amide bonds. The van der Waals surface area contributed by atoms with Crippen molar-refractivity contribution in [3.63, 3.8) is 0 Å². The average molecular weight is 311 g/mol. The number of piperidine rings is 1. The lowest BCUT2D eigenvalue weighted by Crippen LogP contribution is -2.26. The predicted molar refractivity (Wildman–Crippen MR) is 96.1 cm³/mol. The summed E-state index contributed by atoms with van der Waals surface area (Å²) in [6, 6.07) is 13.7. The van der Waals surface area contributed by atoms with Crippen LogP contribution in [-0.4, -0.2) is 13.1 Å². The Bertz CT molecular complexity index is 657. The molecule has 116 valence electrons. The summed E-state index contributed by atoms with van der Waals surface area (Å²) in [7, 11) is 0. The Morgan fingerprint density at radius 2 is 1.50 bits per heavy atom. The van der Waals surface area contributed by atoms with Crippen molar-refractivity contribution in [1.29, 1.82) is 0 Å². The smallest absolute Gasteiger partial charge is 0.0157 e. The molecule has 1 fully saturated rings. The minimum Gasteiger partial charge on any atom is -0.317 e. The highest BCUT2D eigenvalue weighted by atomic mass is 32.2. The molecule has 1 aliphatic rings. The average Bonchev–Trinajstić information content (AvgIpc) is 2.52. The lowest BCUT2D eigenvalue weighted by molar-refractivity contribution is 0.456. The Hall–Kier alpha value is -1.25. The molecular formula is C20H25NS. The van der Waals surface area contributed by atoms with Gasteiger partial charge in [-0.25, -0.2) is 0 Å². The van der Waals surface area contributed by atoms with Gasteiger partial charge < -0.3 is 5.32 Å². The zero-order valence-corrected chi connectivity index (χ0v) is 14.6. The van der Waals surface area contributed by atoms with E-state index >= 15 is 0 Å². The Balaban J connectivity index is 1.92. The quantitative estimate of drug-likeness (QED) is 0.833. The number of aryl methyl sites for hydroxylation is 3. The second kappa shape index (κ2) is 6.89. The van der Waals surface area contributed by atoms with Gasteiger partial charge in [0.1, 0.15) is 0 Å². The maximum atomic E-state index is 3.48. The Labute approximate surface area is 138 Å². The molecule has 2 heteroatoms. The number of hydrogen-bond donors (Lipinski definition) is 1. The van der Waals surface area contributed by atoms with Crippen molar-refractivity contribution >= 4 is 11.8 Å². The molecule has 22 heavy (non-hydrogen) atoms. The van der Waals surface area contributed by atoms with E-state index in [-0.39, 0.29) is 0 Å². The van der Waals surface area contributed by atoms with Gasteiger partial charge in [-0.2, -0.15) is 0 Å². The molecule has 1 heterocycles. The summed E-state index contributed by atoms with van der Waals surface area (Å²) >= 11 is 1.93. The van der Waals surface area contributed by atoms with E-state index in [2.05, 4.69) is 62.5 Å². The van der Waals surface area contributed by atoms with Crippen LogP contribution in [0.25, 0.3) is 0 Å². The third kappa shape index (κ3) is 3.56. The second-order valence-electron chi connectivity index (χ2n) is 6.44. The third-order valence-corrected chi connectivity index (χ3v) is 5.76. The molecule has 0 radical (unpaired) electrons. The summed E-state index contributed by atoms with van der Waals surface area (Å²) in [5.74, 6) is 0.703. The zero-order chi connectivity index (χ0) is 15.5. The van der Waals surface area contributed by atoms with E-state index in [9.17, 15) is 0 Å². The first kappa shape index (κ1) is 15.6. The Morgan fingerprint density at radius 3 is 2.18 bits per heavy atom. The summed E-state index contributed by atoms with van der Waals surface area (Å²) in [6.07, 6.45) is 2.51. The summed E-state index contributed by atoms with van der Waals surface area (Å²) in [5.41, 5.74) is 5.64. The number of hydrogen-bond acceptors (Lipinski definition) is 2. The van der Waals surface area contributed by atoms with Crippen molar-refractivity contribution in [2.24, 2.45) is 0 Å². The van der Waals surface area contributed by atoms with Crippen LogP contribution in [0.5, 0.6) is 0 Å². The molecule has 0 aromatic heterocycles. The second-order valence-corrected chi connectivity index (χ2v) is 7.52. The highest BCUT2D eigenvalue weighted by Crippen LogP contribution is 2.38. The number of rotatable bonds is 3. The van der Waals surface area contributed by atoms with Crippen molar-refractivity contribution in [2.75, 3.05) is 13.1 Å². The highest BCUT2D eigenvalue weighted by Gasteiger charge is 2.19.